The molecule has 3 heteroatoms. The zero-order valence-electron chi connectivity index (χ0n) is 13.0. The van der Waals surface area contributed by atoms with Crippen LogP contribution in [0.1, 0.15) is 13.8 Å². The molecule has 0 saturated heterocycles. The molecule has 0 atom stereocenters. The van der Waals surface area contributed by atoms with Gasteiger partial charge in [0.15, 0.2) is 0 Å². The van der Waals surface area contributed by atoms with Gasteiger partial charge in [0.1, 0.15) is 0 Å². The first kappa shape index (κ1) is 15.5. The van der Waals surface area contributed by atoms with E-state index in [1.807, 2.05) is 12.1 Å². The maximum absolute atomic E-state index is 3.54. The second kappa shape index (κ2) is 8.45. The molecule has 2 rings (SSSR count). The summed E-state index contributed by atoms with van der Waals surface area (Å²) in [6.45, 7) is 8.56. The molecular weight excluding hydrogens is 258 g/mol. The minimum atomic E-state index is 0.922. The minimum Gasteiger partial charge on any atom is -0.303 e. The van der Waals surface area contributed by atoms with Gasteiger partial charge < -0.3 is 4.90 Å². The molecule has 0 aliphatic carbocycles. The van der Waals surface area contributed by atoms with Gasteiger partial charge in [-0.2, -0.15) is 0 Å². The lowest BCUT2D eigenvalue weighted by Gasteiger charge is -2.27. The Morgan fingerprint density at radius 3 is 1.67 bits per heavy atom. The van der Waals surface area contributed by atoms with Crippen LogP contribution in [0.4, 0.5) is 11.4 Å². The molecule has 0 fully saturated rings. The molecule has 0 radical (unpaired) electrons. The molecule has 0 aliphatic heterocycles. The van der Waals surface area contributed by atoms with Crippen LogP contribution < -0.4 is 10.4 Å². The van der Waals surface area contributed by atoms with E-state index in [-0.39, 0.29) is 0 Å². The predicted octanol–water partition coefficient (Wildman–Crippen LogP) is 3.67. The van der Waals surface area contributed by atoms with E-state index in [0.29, 0.717) is 0 Å². The zero-order chi connectivity index (χ0) is 14.9. The largest absolute Gasteiger partial charge is 0.303 e. The quantitative estimate of drug-likeness (QED) is 0.746. The molecule has 2 aromatic carbocycles. The van der Waals surface area contributed by atoms with E-state index in [9.17, 15) is 0 Å². The summed E-state index contributed by atoms with van der Waals surface area (Å²) in [6.07, 6.45) is 0. The van der Waals surface area contributed by atoms with Gasteiger partial charge in [0.2, 0.25) is 0 Å². The molecule has 0 aromatic heterocycles. The molecule has 1 N–H and O–H groups in total. The number of nitrogens with one attached hydrogen (secondary N) is 1. The number of nitrogens with zero attached hydrogens (tertiary/aromatic N) is 2. The third-order valence-electron chi connectivity index (χ3n) is 3.62. The summed E-state index contributed by atoms with van der Waals surface area (Å²) in [5.74, 6) is 0. The summed E-state index contributed by atoms with van der Waals surface area (Å²) < 4.78 is 0. The molecule has 0 spiro atoms. The van der Waals surface area contributed by atoms with E-state index in [4.69, 9.17) is 0 Å². The first-order valence-electron chi connectivity index (χ1n) is 7.71. The Labute approximate surface area is 128 Å². The van der Waals surface area contributed by atoms with Crippen molar-refractivity contribution in [1.82, 2.24) is 10.3 Å². The van der Waals surface area contributed by atoms with Gasteiger partial charge in [-0.1, -0.05) is 50.2 Å². The van der Waals surface area contributed by atoms with Crippen LogP contribution in [0.3, 0.4) is 0 Å². The highest BCUT2D eigenvalue weighted by molar-refractivity contribution is 5.61. The molecular formula is C18H25N3. The lowest BCUT2D eigenvalue weighted by Crippen LogP contribution is -2.40. The fraction of sp³-hybridized carbons (Fsp3) is 0.333. The standard InChI is InChI=1S/C18H25N3/c1-3-20(4-2)16-15-19-21(17-11-7-5-8-12-17)18-13-9-6-10-14-18/h5-14,19H,3-4,15-16H2,1-2H3. The van der Waals surface area contributed by atoms with Gasteiger partial charge in [-0.05, 0) is 37.4 Å². The lowest BCUT2D eigenvalue weighted by atomic mass is 10.2. The van der Waals surface area contributed by atoms with Gasteiger partial charge in [0.25, 0.3) is 0 Å². The first-order chi connectivity index (χ1) is 10.3. The van der Waals surface area contributed by atoms with E-state index in [0.717, 1.165) is 37.6 Å². The Bertz CT molecular complexity index is 455. The predicted molar refractivity (Wildman–Crippen MR) is 90.8 cm³/mol. The van der Waals surface area contributed by atoms with Crippen LogP contribution in [-0.2, 0) is 0 Å². The number of benzene rings is 2. The molecule has 0 bridgehead atoms. The molecule has 3 nitrogen and oxygen atoms in total. The number of hydrazine groups is 1. The van der Waals surface area contributed by atoms with Crippen LogP contribution in [0.5, 0.6) is 0 Å². The van der Waals surface area contributed by atoms with Crippen molar-refractivity contribution < 1.29 is 0 Å². The smallest absolute Gasteiger partial charge is 0.0577 e. The maximum Gasteiger partial charge on any atom is 0.0577 e. The third kappa shape index (κ3) is 4.59. The third-order valence-corrected chi connectivity index (χ3v) is 3.62. The molecule has 112 valence electrons. The van der Waals surface area contributed by atoms with E-state index in [1.165, 1.54) is 0 Å². The van der Waals surface area contributed by atoms with Crippen LogP contribution >= 0.6 is 0 Å². The van der Waals surface area contributed by atoms with Crippen LogP contribution in [0.15, 0.2) is 60.7 Å². The molecule has 0 aliphatic rings. The van der Waals surface area contributed by atoms with Gasteiger partial charge in [-0.3, -0.25) is 5.01 Å². The zero-order valence-corrected chi connectivity index (χ0v) is 13.0. The number of hydrogen-bond acceptors (Lipinski definition) is 3. The number of likely N-dealkylation sites (N-methyl/N-ethyl adjacent to an activating group) is 1. The molecule has 21 heavy (non-hydrogen) atoms. The lowest BCUT2D eigenvalue weighted by molar-refractivity contribution is 0.303. The van der Waals surface area contributed by atoms with E-state index in [2.05, 4.69) is 77.7 Å². The number of para-hydroxylation sites is 2. The average Bonchev–Trinajstić information content (AvgIpc) is 2.57. The molecule has 2 aromatic rings. The van der Waals surface area contributed by atoms with E-state index < -0.39 is 0 Å². The molecule has 0 unspecified atom stereocenters. The second-order valence-corrected chi connectivity index (χ2v) is 4.94. The minimum absolute atomic E-state index is 0.922. The SMILES string of the molecule is CCN(CC)CCNN(c1ccccc1)c1ccccc1. The van der Waals surface area contributed by atoms with Crippen molar-refractivity contribution in [3.05, 3.63) is 60.7 Å². The highest BCUT2D eigenvalue weighted by atomic mass is 15.5. The fourth-order valence-corrected chi connectivity index (χ4v) is 2.35. The van der Waals surface area contributed by atoms with Crippen molar-refractivity contribution in [2.75, 3.05) is 31.2 Å². The summed E-state index contributed by atoms with van der Waals surface area (Å²) in [5, 5.41) is 2.16. The van der Waals surface area contributed by atoms with Crippen molar-refractivity contribution in [1.29, 1.82) is 0 Å². The van der Waals surface area contributed by atoms with Crippen LogP contribution in [-0.4, -0.2) is 31.1 Å². The Morgan fingerprint density at radius 1 is 0.762 bits per heavy atom. The molecule has 0 amide bonds. The molecule has 0 heterocycles. The number of hydrogen-bond donors (Lipinski definition) is 1. The van der Waals surface area contributed by atoms with Crippen molar-refractivity contribution >= 4 is 11.4 Å². The Kier molecular flexibility index (Phi) is 6.25. The summed E-state index contributed by atoms with van der Waals surface area (Å²) in [5.41, 5.74) is 5.85. The van der Waals surface area contributed by atoms with E-state index >= 15 is 0 Å². The number of rotatable bonds is 8. The first-order valence-corrected chi connectivity index (χ1v) is 7.71. The van der Waals surface area contributed by atoms with Crippen molar-refractivity contribution in [3.63, 3.8) is 0 Å². The molecule has 0 saturated carbocycles. The van der Waals surface area contributed by atoms with Crippen LogP contribution in [0, 0.1) is 0 Å². The Hall–Kier alpha value is -1.84. The van der Waals surface area contributed by atoms with Crippen LogP contribution in [0.25, 0.3) is 0 Å². The topological polar surface area (TPSA) is 18.5 Å². The maximum atomic E-state index is 3.54. The number of anilines is 2. The highest BCUT2D eigenvalue weighted by Gasteiger charge is 2.08. The Balaban J connectivity index is 2.07. The normalized spacial score (nSPS) is 10.8. The van der Waals surface area contributed by atoms with Crippen molar-refractivity contribution in [2.24, 2.45) is 0 Å². The van der Waals surface area contributed by atoms with Gasteiger partial charge >= 0.3 is 0 Å². The van der Waals surface area contributed by atoms with Gasteiger partial charge in [-0.15, -0.1) is 0 Å². The van der Waals surface area contributed by atoms with Gasteiger partial charge in [-0.25, -0.2) is 5.43 Å². The monoisotopic (exact) mass is 283 g/mol. The summed E-state index contributed by atoms with van der Waals surface area (Å²) in [6, 6.07) is 20.8. The van der Waals surface area contributed by atoms with Gasteiger partial charge in [0.05, 0.1) is 11.4 Å². The summed E-state index contributed by atoms with van der Waals surface area (Å²) in [7, 11) is 0. The Morgan fingerprint density at radius 2 is 1.24 bits per heavy atom. The average molecular weight is 283 g/mol. The van der Waals surface area contributed by atoms with E-state index in [1.54, 1.807) is 0 Å². The van der Waals surface area contributed by atoms with Crippen molar-refractivity contribution in [2.45, 2.75) is 13.8 Å². The van der Waals surface area contributed by atoms with Crippen molar-refractivity contribution in [3.8, 4) is 0 Å². The van der Waals surface area contributed by atoms with Gasteiger partial charge in [0, 0.05) is 13.1 Å². The fourth-order valence-electron chi connectivity index (χ4n) is 2.35. The summed E-state index contributed by atoms with van der Waals surface area (Å²) in [4.78, 5) is 2.42. The highest BCUT2D eigenvalue weighted by Crippen LogP contribution is 2.22. The summed E-state index contributed by atoms with van der Waals surface area (Å²) >= 11 is 0. The second-order valence-electron chi connectivity index (χ2n) is 4.94. The van der Waals surface area contributed by atoms with Crippen LogP contribution in [0.2, 0.25) is 0 Å².